The number of amides is 2. The fourth-order valence-corrected chi connectivity index (χ4v) is 4.15. The molecule has 7 heteroatoms. The zero-order valence-corrected chi connectivity index (χ0v) is 16.6. The average molecular weight is 414 g/mol. The fraction of sp³-hybridized carbons (Fsp3) is 0.318. The molecule has 1 saturated carbocycles. The normalized spacial score (nSPS) is 18.1. The Morgan fingerprint density at radius 2 is 1.72 bits per heavy atom. The Kier molecular flexibility index (Phi) is 5.37. The van der Waals surface area contributed by atoms with Gasteiger partial charge in [-0.15, -0.1) is 0 Å². The van der Waals surface area contributed by atoms with Gasteiger partial charge < -0.3 is 10.2 Å². The van der Waals surface area contributed by atoms with Gasteiger partial charge in [-0.1, -0.05) is 18.0 Å². The lowest BCUT2D eigenvalue weighted by Gasteiger charge is -2.38. The van der Waals surface area contributed by atoms with Crippen molar-refractivity contribution in [2.24, 2.45) is 4.99 Å². The van der Waals surface area contributed by atoms with Crippen LogP contribution in [-0.4, -0.2) is 34.6 Å². The molecule has 5 nitrogen and oxygen atoms in total. The first-order valence-electron chi connectivity index (χ1n) is 9.70. The van der Waals surface area contributed by atoms with Crippen LogP contribution in [-0.2, 0) is 9.59 Å². The molecule has 2 amide bonds. The lowest BCUT2D eigenvalue weighted by atomic mass is 9.88. The Balaban J connectivity index is 1.57. The Bertz CT molecular complexity index is 951. The molecule has 0 saturated heterocycles. The summed E-state index contributed by atoms with van der Waals surface area (Å²) in [6.07, 6.45) is 4.42. The van der Waals surface area contributed by atoms with Crippen LogP contribution in [0.1, 0.15) is 37.7 Å². The van der Waals surface area contributed by atoms with Gasteiger partial charge in [0, 0.05) is 16.3 Å². The maximum absolute atomic E-state index is 13.3. The van der Waals surface area contributed by atoms with Crippen LogP contribution in [0.25, 0.3) is 0 Å². The second kappa shape index (κ2) is 7.95. The van der Waals surface area contributed by atoms with Crippen molar-refractivity contribution in [1.82, 2.24) is 4.90 Å². The quantitative estimate of drug-likeness (QED) is 0.807. The first kappa shape index (κ1) is 19.6. The van der Waals surface area contributed by atoms with E-state index in [2.05, 4.69) is 5.32 Å². The van der Waals surface area contributed by atoms with E-state index >= 15 is 0 Å². The van der Waals surface area contributed by atoms with Crippen molar-refractivity contribution >= 4 is 34.8 Å². The molecule has 29 heavy (non-hydrogen) atoms. The first-order valence-corrected chi connectivity index (χ1v) is 10.1. The van der Waals surface area contributed by atoms with Gasteiger partial charge in [0.25, 0.3) is 5.91 Å². The predicted molar refractivity (Wildman–Crippen MR) is 111 cm³/mol. The summed E-state index contributed by atoms with van der Waals surface area (Å²) in [5, 5.41) is 3.39. The highest BCUT2D eigenvalue weighted by Gasteiger charge is 2.48. The highest BCUT2D eigenvalue weighted by Crippen LogP contribution is 2.39. The van der Waals surface area contributed by atoms with E-state index in [1.165, 1.54) is 12.1 Å². The van der Waals surface area contributed by atoms with Gasteiger partial charge in [0.1, 0.15) is 23.7 Å². The van der Waals surface area contributed by atoms with E-state index in [0.29, 0.717) is 22.0 Å². The summed E-state index contributed by atoms with van der Waals surface area (Å²) in [6, 6.07) is 12.5. The van der Waals surface area contributed by atoms with E-state index < -0.39 is 5.66 Å². The molecule has 0 bridgehead atoms. The zero-order chi connectivity index (χ0) is 20.4. The van der Waals surface area contributed by atoms with Crippen LogP contribution in [0.2, 0.25) is 5.02 Å². The lowest BCUT2D eigenvalue weighted by Crippen LogP contribution is -2.51. The molecule has 1 aliphatic heterocycles. The Labute approximate surface area is 173 Å². The van der Waals surface area contributed by atoms with Crippen LogP contribution in [0.4, 0.5) is 10.1 Å². The van der Waals surface area contributed by atoms with Crippen LogP contribution in [0.15, 0.2) is 53.5 Å². The summed E-state index contributed by atoms with van der Waals surface area (Å²) < 4.78 is 13.3. The third-order valence-corrected chi connectivity index (χ3v) is 5.72. The molecule has 1 spiro atoms. The van der Waals surface area contributed by atoms with Gasteiger partial charge in [-0.3, -0.25) is 14.6 Å². The molecule has 2 aromatic rings. The number of hydrogen-bond acceptors (Lipinski definition) is 3. The Morgan fingerprint density at radius 1 is 1.07 bits per heavy atom. The van der Waals surface area contributed by atoms with Crippen LogP contribution >= 0.6 is 11.6 Å². The van der Waals surface area contributed by atoms with E-state index in [0.717, 1.165) is 32.1 Å². The van der Waals surface area contributed by atoms with Gasteiger partial charge in [0.05, 0.1) is 0 Å². The lowest BCUT2D eigenvalue weighted by molar-refractivity contribution is -0.134. The Morgan fingerprint density at radius 3 is 2.38 bits per heavy atom. The number of benzene rings is 2. The second-order valence-corrected chi connectivity index (χ2v) is 7.89. The third kappa shape index (κ3) is 4.03. The smallest absolute Gasteiger partial charge is 0.275 e. The molecule has 2 aliphatic rings. The summed E-state index contributed by atoms with van der Waals surface area (Å²) in [6.45, 7) is -0.0876. The third-order valence-electron chi connectivity index (χ3n) is 5.47. The molecule has 1 fully saturated rings. The SMILES string of the molecule is O=C(CN1C(=O)C(c2ccc(F)cc2)=NC12CCCCC2)Nc1ccc(Cl)cc1. The number of hydrogen-bond donors (Lipinski definition) is 1. The number of carbonyl (C=O) groups excluding carboxylic acids is 2. The number of nitrogens with one attached hydrogen (secondary N) is 1. The predicted octanol–water partition coefficient (Wildman–Crippen LogP) is 4.41. The van der Waals surface area contributed by atoms with Gasteiger partial charge in [0.2, 0.25) is 5.91 Å². The zero-order valence-electron chi connectivity index (χ0n) is 15.8. The van der Waals surface area contributed by atoms with Crippen LogP contribution in [0.3, 0.4) is 0 Å². The maximum atomic E-state index is 13.3. The van der Waals surface area contributed by atoms with Crippen LogP contribution in [0, 0.1) is 5.82 Å². The van der Waals surface area contributed by atoms with Crippen molar-refractivity contribution in [3.63, 3.8) is 0 Å². The van der Waals surface area contributed by atoms with Gasteiger partial charge in [-0.05, 0) is 74.2 Å². The van der Waals surface area contributed by atoms with Crippen molar-refractivity contribution in [1.29, 1.82) is 0 Å². The number of nitrogens with zero attached hydrogens (tertiary/aromatic N) is 2. The minimum absolute atomic E-state index is 0.0876. The largest absolute Gasteiger partial charge is 0.325 e. The second-order valence-electron chi connectivity index (χ2n) is 7.46. The summed E-state index contributed by atoms with van der Waals surface area (Å²) in [7, 11) is 0. The van der Waals surface area contributed by atoms with Crippen molar-refractivity contribution in [3.8, 4) is 0 Å². The van der Waals surface area contributed by atoms with E-state index in [9.17, 15) is 14.0 Å². The molecule has 1 aliphatic carbocycles. The maximum Gasteiger partial charge on any atom is 0.275 e. The highest BCUT2D eigenvalue weighted by atomic mass is 35.5. The molecule has 4 rings (SSSR count). The number of aliphatic imine (C=N–C) groups is 1. The number of anilines is 1. The minimum atomic E-state index is -0.698. The molecule has 0 unspecified atom stereocenters. The summed E-state index contributed by atoms with van der Waals surface area (Å²) >= 11 is 5.88. The standard InChI is InChI=1S/C22H21ClFN3O2/c23-16-6-10-18(11-7-16)25-19(28)14-27-21(29)20(15-4-8-17(24)9-5-15)26-22(27)12-2-1-3-13-22/h4-11H,1-3,12-14H2,(H,25,28). The van der Waals surface area contributed by atoms with Crippen molar-refractivity contribution in [3.05, 3.63) is 64.9 Å². The molecular formula is C22H21ClFN3O2. The number of carbonyl (C=O) groups is 2. The molecule has 0 aromatic heterocycles. The molecule has 0 radical (unpaired) electrons. The summed E-state index contributed by atoms with van der Waals surface area (Å²) in [5.41, 5.74) is 0.785. The monoisotopic (exact) mass is 413 g/mol. The van der Waals surface area contributed by atoms with Gasteiger partial charge in [0.15, 0.2) is 0 Å². The van der Waals surface area contributed by atoms with Gasteiger partial charge >= 0.3 is 0 Å². The fourth-order valence-electron chi connectivity index (χ4n) is 4.02. The molecule has 1 N–H and O–H groups in total. The van der Waals surface area contributed by atoms with E-state index in [4.69, 9.17) is 16.6 Å². The van der Waals surface area contributed by atoms with Gasteiger partial charge in [-0.25, -0.2) is 4.39 Å². The Hall–Kier alpha value is -2.73. The van der Waals surface area contributed by atoms with Crippen molar-refractivity contribution in [2.45, 2.75) is 37.8 Å². The van der Waals surface area contributed by atoms with Gasteiger partial charge in [-0.2, -0.15) is 0 Å². The van der Waals surface area contributed by atoms with Crippen LogP contribution < -0.4 is 5.32 Å². The molecule has 0 atom stereocenters. The highest BCUT2D eigenvalue weighted by molar-refractivity contribution is 6.47. The van der Waals surface area contributed by atoms with E-state index in [-0.39, 0.29) is 24.2 Å². The topological polar surface area (TPSA) is 61.8 Å². The minimum Gasteiger partial charge on any atom is -0.325 e. The number of halogens is 2. The van der Waals surface area contributed by atoms with Crippen molar-refractivity contribution in [2.75, 3.05) is 11.9 Å². The van der Waals surface area contributed by atoms with E-state index in [1.54, 1.807) is 41.3 Å². The molecule has 150 valence electrons. The van der Waals surface area contributed by atoms with Crippen molar-refractivity contribution < 1.29 is 14.0 Å². The summed E-state index contributed by atoms with van der Waals surface area (Å²) in [5.74, 6) is -0.947. The molecule has 1 heterocycles. The average Bonchev–Trinajstić information content (AvgIpc) is 2.97. The molecular weight excluding hydrogens is 393 g/mol. The number of rotatable bonds is 4. The summed E-state index contributed by atoms with van der Waals surface area (Å²) in [4.78, 5) is 32.2. The van der Waals surface area contributed by atoms with Crippen LogP contribution in [0.5, 0.6) is 0 Å². The molecule has 2 aromatic carbocycles. The first-order chi connectivity index (χ1) is 14.0. The van der Waals surface area contributed by atoms with E-state index in [1.807, 2.05) is 0 Å².